The molecule has 0 saturated carbocycles. The van der Waals surface area contributed by atoms with Gasteiger partial charge in [0.2, 0.25) is 0 Å². The summed E-state index contributed by atoms with van der Waals surface area (Å²) in [7, 11) is 3.60. The van der Waals surface area contributed by atoms with Crippen LogP contribution in [0.5, 0.6) is 0 Å². The summed E-state index contributed by atoms with van der Waals surface area (Å²) >= 11 is 5.27. The highest BCUT2D eigenvalue weighted by Crippen LogP contribution is 2.05. The first kappa shape index (κ1) is 17.8. The lowest BCUT2D eigenvalue weighted by Gasteiger charge is -2.23. The van der Waals surface area contributed by atoms with Crippen molar-refractivity contribution in [2.45, 2.75) is 6.92 Å². The quantitative estimate of drug-likeness (QED) is 0.349. The number of ether oxygens (including phenoxy) is 1. The fourth-order valence-corrected chi connectivity index (χ4v) is 1.68. The zero-order valence-electron chi connectivity index (χ0n) is 13.2. The highest BCUT2D eigenvalue weighted by Gasteiger charge is 2.15. The van der Waals surface area contributed by atoms with Crippen molar-refractivity contribution >= 4 is 35.6 Å². The van der Waals surface area contributed by atoms with Crippen LogP contribution < -0.4 is 0 Å². The van der Waals surface area contributed by atoms with E-state index >= 15 is 0 Å². The molecule has 0 aromatic heterocycles. The number of carbonyl (C=O) groups is 1. The number of hydrogen-bond acceptors (Lipinski definition) is 4. The Hall–Kier alpha value is -2.21. The van der Waals surface area contributed by atoms with Crippen molar-refractivity contribution in [2.75, 3.05) is 27.2 Å². The predicted octanol–water partition coefficient (Wildman–Crippen LogP) is 2.38. The summed E-state index contributed by atoms with van der Waals surface area (Å²) in [5.41, 5.74) is 1.94. The molecule has 0 spiro atoms. The highest BCUT2D eigenvalue weighted by molar-refractivity contribution is 7.80. The van der Waals surface area contributed by atoms with E-state index in [0.29, 0.717) is 11.7 Å². The smallest absolute Gasteiger partial charge is 0.327 e. The molecule has 0 heterocycles. The Morgan fingerprint density at radius 1 is 1.32 bits per heavy atom. The van der Waals surface area contributed by atoms with Gasteiger partial charge in [-0.15, -0.1) is 0 Å². The van der Waals surface area contributed by atoms with E-state index in [9.17, 15) is 4.79 Å². The standard InChI is InChI=1S/C16H21N3O2S/c1-5-13-7-9-14(10-8-13)11-17-19(16(22)18(3)4)12-15(20)21-6-2/h5,7-11H,1,6,12H2,2-4H3/b17-11+. The van der Waals surface area contributed by atoms with Crippen LogP contribution in [-0.4, -0.2) is 54.5 Å². The van der Waals surface area contributed by atoms with Crippen molar-refractivity contribution in [3.8, 4) is 0 Å². The van der Waals surface area contributed by atoms with E-state index in [0.717, 1.165) is 11.1 Å². The summed E-state index contributed by atoms with van der Waals surface area (Å²) in [4.78, 5) is 13.4. The summed E-state index contributed by atoms with van der Waals surface area (Å²) in [5.74, 6) is -0.370. The maximum absolute atomic E-state index is 11.6. The van der Waals surface area contributed by atoms with E-state index in [1.165, 1.54) is 5.01 Å². The lowest BCUT2D eigenvalue weighted by molar-refractivity contribution is -0.143. The molecule has 22 heavy (non-hydrogen) atoms. The van der Waals surface area contributed by atoms with Gasteiger partial charge in [-0.25, -0.2) is 5.01 Å². The Labute approximate surface area is 136 Å². The molecule has 1 aromatic carbocycles. The summed E-state index contributed by atoms with van der Waals surface area (Å²) in [6, 6.07) is 7.71. The maximum atomic E-state index is 11.6. The number of benzene rings is 1. The van der Waals surface area contributed by atoms with Crippen LogP contribution in [0.4, 0.5) is 0 Å². The molecule has 5 nitrogen and oxygen atoms in total. The first-order chi connectivity index (χ1) is 10.5. The van der Waals surface area contributed by atoms with Gasteiger partial charge in [0.1, 0.15) is 6.54 Å². The van der Waals surface area contributed by atoms with Crippen molar-refractivity contribution in [3.63, 3.8) is 0 Å². The molecule has 0 fully saturated rings. The van der Waals surface area contributed by atoms with Crippen molar-refractivity contribution in [1.82, 2.24) is 9.91 Å². The molecule has 1 aromatic rings. The van der Waals surface area contributed by atoms with Gasteiger partial charge in [-0.3, -0.25) is 4.79 Å². The van der Waals surface area contributed by atoms with Gasteiger partial charge in [0.05, 0.1) is 12.8 Å². The third-order valence-corrected chi connectivity index (χ3v) is 3.28. The van der Waals surface area contributed by atoms with Gasteiger partial charge in [0.25, 0.3) is 0 Å². The molecular formula is C16H21N3O2S. The van der Waals surface area contributed by atoms with Crippen LogP contribution in [0.2, 0.25) is 0 Å². The fraction of sp³-hybridized carbons (Fsp3) is 0.312. The lowest BCUT2D eigenvalue weighted by Crippen LogP contribution is -2.39. The lowest BCUT2D eigenvalue weighted by atomic mass is 10.1. The van der Waals surface area contributed by atoms with Crippen LogP contribution in [-0.2, 0) is 9.53 Å². The third-order valence-electron chi connectivity index (χ3n) is 2.71. The number of hydrogen-bond donors (Lipinski definition) is 0. The Kier molecular flexibility index (Phi) is 7.25. The Balaban J connectivity index is 2.85. The van der Waals surface area contributed by atoms with Gasteiger partial charge in [-0.1, -0.05) is 36.9 Å². The minimum absolute atomic E-state index is 0.0217. The molecule has 0 bridgehead atoms. The largest absolute Gasteiger partial charge is 0.465 e. The van der Waals surface area contributed by atoms with E-state index < -0.39 is 0 Å². The molecule has 0 radical (unpaired) electrons. The second-order valence-corrected chi connectivity index (χ2v) is 5.02. The van der Waals surface area contributed by atoms with Gasteiger partial charge >= 0.3 is 5.97 Å². The monoisotopic (exact) mass is 319 g/mol. The predicted molar refractivity (Wildman–Crippen MR) is 93.8 cm³/mol. The topological polar surface area (TPSA) is 45.1 Å². The van der Waals surface area contributed by atoms with Crippen molar-refractivity contribution in [3.05, 3.63) is 42.0 Å². The van der Waals surface area contributed by atoms with E-state index in [2.05, 4.69) is 11.7 Å². The first-order valence-corrected chi connectivity index (χ1v) is 7.29. The van der Waals surface area contributed by atoms with Crippen LogP contribution in [0.15, 0.2) is 35.9 Å². The first-order valence-electron chi connectivity index (χ1n) is 6.88. The zero-order valence-corrected chi connectivity index (χ0v) is 14.0. The molecule has 0 amide bonds. The third kappa shape index (κ3) is 5.65. The van der Waals surface area contributed by atoms with Crippen LogP contribution in [0.25, 0.3) is 6.08 Å². The van der Waals surface area contributed by atoms with E-state index in [1.54, 1.807) is 38.2 Å². The number of rotatable bonds is 6. The van der Waals surface area contributed by atoms with Gasteiger partial charge in [0, 0.05) is 14.1 Å². The number of esters is 1. The van der Waals surface area contributed by atoms with E-state index in [1.807, 2.05) is 24.3 Å². The Morgan fingerprint density at radius 3 is 2.41 bits per heavy atom. The summed E-state index contributed by atoms with van der Waals surface area (Å²) in [5, 5.41) is 6.17. The highest BCUT2D eigenvalue weighted by atomic mass is 32.1. The molecule has 0 aliphatic heterocycles. The molecule has 0 atom stereocenters. The number of nitrogens with zero attached hydrogens (tertiary/aromatic N) is 3. The van der Waals surface area contributed by atoms with Crippen molar-refractivity contribution in [1.29, 1.82) is 0 Å². The minimum atomic E-state index is -0.370. The van der Waals surface area contributed by atoms with Gasteiger partial charge in [-0.05, 0) is 30.3 Å². The van der Waals surface area contributed by atoms with Crippen molar-refractivity contribution < 1.29 is 9.53 Å². The SMILES string of the molecule is C=Cc1ccc(/C=N/N(CC(=O)OCC)C(=S)N(C)C)cc1. The summed E-state index contributed by atoms with van der Waals surface area (Å²) < 4.78 is 4.94. The average Bonchev–Trinajstić information content (AvgIpc) is 2.51. The van der Waals surface area contributed by atoms with Crippen LogP contribution in [0.1, 0.15) is 18.1 Å². The number of carbonyl (C=O) groups excluding carboxylic acids is 1. The molecular weight excluding hydrogens is 298 g/mol. The Morgan fingerprint density at radius 2 is 1.91 bits per heavy atom. The molecule has 118 valence electrons. The molecule has 1 rings (SSSR count). The molecule has 0 unspecified atom stereocenters. The average molecular weight is 319 g/mol. The van der Waals surface area contributed by atoms with Gasteiger partial charge < -0.3 is 9.64 Å². The minimum Gasteiger partial charge on any atom is -0.465 e. The van der Waals surface area contributed by atoms with Crippen LogP contribution >= 0.6 is 12.2 Å². The molecule has 0 saturated heterocycles. The van der Waals surface area contributed by atoms with Crippen LogP contribution in [0, 0.1) is 0 Å². The van der Waals surface area contributed by atoms with Crippen molar-refractivity contribution in [2.24, 2.45) is 5.10 Å². The van der Waals surface area contributed by atoms with E-state index in [-0.39, 0.29) is 12.5 Å². The molecule has 0 aliphatic rings. The molecule has 6 heteroatoms. The van der Waals surface area contributed by atoms with Gasteiger partial charge in [0.15, 0.2) is 5.11 Å². The second-order valence-electron chi connectivity index (χ2n) is 4.66. The fourth-order valence-electron chi connectivity index (χ4n) is 1.57. The van der Waals surface area contributed by atoms with Crippen LogP contribution in [0.3, 0.4) is 0 Å². The summed E-state index contributed by atoms with van der Waals surface area (Å²) in [6.07, 6.45) is 3.43. The number of thiocarbonyl (C=S) groups is 1. The normalized spacial score (nSPS) is 10.3. The van der Waals surface area contributed by atoms with Gasteiger partial charge in [-0.2, -0.15) is 5.10 Å². The Bertz CT molecular complexity index is 553. The second kappa shape index (κ2) is 8.94. The summed E-state index contributed by atoms with van der Waals surface area (Å²) in [6.45, 7) is 5.78. The zero-order chi connectivity index (χ0) is 16.5. The molecule has 0 N–H and O–H groups in total. The maximum Gasteiger partial charge on any atom is 0.327 e. The van der Waals surface area contributed by atoms with E-state index in [4.69, 9.17) is 17.0 Å². The molecule has 0 aliphatic carbocycles. The number of hydrazone groups is 1.